The number of carbonyl (C=O) groups excluding carboxylic acids is 2. The van der Waals surface area contributed by atoms with Crippen LogP contribution in [-0.2, 0) is 16.1 Å². The summed E-state index contributed by atoms with van der Waals surface area (Å²) in [6.07, 6.45) is 1.94. The molecule has 2 aromatic heterocycles. The summed E-state index contributed by atoms with van der Waals surface area (Å²) >= 11 is 1.39. The molecule has 3 heterocycles. The number of nitrogens with zero attached hydrogens (tertiary/aromatic N) is 3. The van der Waals surface area contributed by atoms with E-state index in [1.54, 1.807) is 11.1 Å². The van der Waals surface area contributed by atoms with Gasteiger partial charge in [0.15, 0.2) is 5.13 Å². The standard InChI is InChI=1S/C15H16N4O2S/c1-10-9-22-15(17-10)18-14(21)11-6-13(20)19(7-11)8-12-4-2-3-5-16-12/h2-5,9,11H,6-8H2,1H3,(H,17,18,21)/t11-/m1/s1. The van der Waals surface area contributed by atoms with Crippen molar-refractivity contribution in [2.24, 2.45) is 5.92 Å². The lowest BCUT2D eigenvalue weighted by Gasteiger charge is -2.15. The summed E-state index contributed by atoms with van der Waals surface area (Å²) in [4.78, 5) is 34.4. The van der Waals surface area contributed by atoms with Crippen molar-refractivity contribution >= 4 is 28.3 Å². The first-order valence-electron chi connectivity index (χ1n) is 7.02. The fraction of sp³-hybridized carbons (Fsp3) is 0.333. The lowest BCUT2D eigenvalue weighted by atomic mass is 10.1. The van der Waals surface area contributed by atoms with Crippen molar-refractivity contribution in [3.05, 3.63) is 41.2 Å². The third-order valence-corrected chi connectivity index (χ3v) is 4.39. The summed E-state index contributed by atoms with van der Waals surface area (Å²) in [6, 6.07) is 5.60. The molecule has 0 unspecified atom stereocenters. The molecule has 3 rings (SSSR count). The number of thiazole rings is 1. The Morgan fingerprint density at radius 3 is 3.05 bits per heavy atom. The SMILES string of the molecule is Cc1csc(NC(=O)[C@@H]2CC(=O)N(Cc3ccccn3)C2)n1. The van der Waals surface area contributed by atoms with Crippen molar-refractivity contribution < 1.29 is 9.59 Å². The van der Waals surface area contributed by atoms with Crippen molar-refractivity contribution in [2.45, 2.75) is 19.9 Å². The number of aromatic nitrogens is 2. The molecule has 7 heteroatoms. The Balaban J connectivity index is 1.60. The molecule has 0 spiro atoms. The zero-order chi connectivity index (χ0) is 15.5. The normalized spacial score (nSPS) is 17.8. The van der Waals surface area contributed by atoms with Crippen molar-refractivity contribution in [3.63, 3.8) is 0 Å². The number of rotatable bonds is 4. The molecule has 1 fully saturated rings. The monoisotopic (exact) mass is 316 g/mol. The number of anilines is 1. The van der Waals surface area contributed by atoms with Crippen molar-refractivity contribution in [3.8, 4) is 0 Å². The van der Waals surface area contributed by atoms with Gasteiger partial charge in [-0.2, -0.15) is 0 Å². The molecule has 0 radical (unpaired) electrons. The van der Waals surface area contributed by atoms with Crippen LogP contribution >= 0.6 is 11.3 Å². The van der Waals surface area contributed by atoms with E-state index in [0.717, 1.165) is 11.4 Å². The predicted octanol–water partition coefficient (Wildman–Crippen LogP) is 1.83. The van der Waals surface area contributed by atoms with Crippen LogP contribution in [0, 0.1) is 12.8 Å². The number of carbonyl (C=O) groups is 2. The second kappa shape index (κ2) is 6.23. The first-order chi connectivity index (χ1) is 10.6. The van der Waals surface area contributed by atoms with E-state index in [1.165, 1.54) is 11.3 Å². The zero-order valence-corrected chi connectivity index (χ0v) is 13.0. The number of hydrogen-bond acceptors (Lipinski definition) is 5. The molecule has 1 saturated heterocycles. The van der Waals surface area contributed by atoms with Crippen LogP contribution in [-0.4, -0.2) is 33.2 Å². The molecule has 0 aromatic carbocycles. The summed E-state index contributed by atoms with van der Waals surface area (Å²) < 4.78 is 0. The molecule has 22 heavy (non-hydrogen) atoms. The average molecular weight is 316 g/mol. The van der Waals surface area contributed by atoms with Crippen molar-refractivity contribution in [2.75, 3.05) is 11.9 Å². The highest BCUT2D eigenvalue weighted by atomic mass is 32.1. The highest BCUT2D eigenvalue weighted by Gasteiger charge is 2.34. The van der Waals surface area contributed by atoms with Crippen LogP contribution in [0.3, 0.4) is 0 Å². The molecular weight excluding hydrogens is 300 g/mol. The summed E-state index contributed by atoms with van der Waals surface area (Å²) in [7, 11) is 0. The minimum atomic E-state index is -0.333. The van der Waals surface area contributed by atoms with E-state index < -0.39 is 0 Å². The van der Waals surface area contributed by atoms with Gasteiger partial charge in [0.25, 0.3) is 0 Å². The summed E-state index contributed by atoms with van der Waals surface area (Å²) in [5, 5.41) is 5.24. The van der Waals surface area contributed by atoms with Gasteiger partial charge in [0, 0.05) is 24.5 Å². The minimum Gasteiger partial charge on any atom is -0.336 e. The molecule has 1 N–H and O–H groups in total. The average Bonchev–Trinajstić information content (AvgIpc) is 3.07. The van der Waals surface area contributed by atoms with Gasteiger partial charge in [-0.3, -0.25) is 14.6 Å². The first kappa shape index (κ1) is 14.6. The number of nitrogens with one attached hydrogen (secondary N) is 1. The van der Waals surface area contributed by atoms with E-state index in [9.17, 15) is 9.59 Å². The van der Waals surface area contributed by atoms with Crippen LogP contribution in [0.5, 0.6) is 0 Å². The Morgan fingerprint density at radius 1 is 1.50 bits per heavy atom. The van der Waals surface area contributed by atoms with Gasteiger partial charge in [0.2, 0.25) is 11.8 Å². The molecule has 1 aliphatic rings. The molecule has 1 atom stereocenters. The lowest BCUT2D eigenvalue weighted by Crippen LogP contribution is -2.28. The van der Waals surface area contributed by atoms with Crippen LogP contribution in [0.1, 0.15) is 17.8 Å². The highest BCUT2D eigenvalue weighted by molar-refractivity contribution is 7.13. The summed E-state index contributed by atoms with van der Waals surface area (Å²) in [5.74, 6) is -0.493. The maximum Gasteiger partial charge on any atom is 0.231 e. The molecule has 2 aromatic rings. The fourth-order valence-electron chi connectivity index (χ4n) is 2.41. The van der Waals surface area contributed by atoms with Crippen LogP contribution in [0.25, 0.3) is 0 Å². The second-order valence-electron chi connectivity index (χ2n) is 5.28. The Labute approximate surface area is 132 Å². The number of hydrogen-bond donors (Lipinski definition) is 1. The smallest absolute Gasteiger partial charge is 0.231 e. The van der Waals surface area contributed by atoms with E-state index in [4.69, 9.17) is 0 Å². The van der Waals surface area contributed by atoms with Gasteiger partial charge in [-0.25, -0.2) is 4.98 Å². The fourth-order valence-corrected chi connectivity index (χ4v) is 3.10. The van der Waals surface area contributed by atoms with Crippen molar-refractivity contribution in [1.29, 1.82) is 0 Å². The van der Waals surface area contributed by atoms with Crippen LogP contribution in [0.4, 0.5) is 5.13 Å². The second-order valence-corrected chi connectivity index (χ2v) is 6.14. The van der Waals surface area contributed by atoms with Gasteiger partial charge in [0.1, 0.15) is 0 Å². The molecule has 0 aliphatic carbocycles. The van der Waals surface area contributed by atoms with E-state index in [0.29, 0.717) is 18.2 Å². The Kier molecular flexibility index (Phi) is 4.15. The molecule has 1 aliphatic heterocycles. The van der Waals surface area contributed by atoms with E-state index in [2.05, 4.69) is 15.3 Å². The van der Waals surface area contributed by atoms with Crippen LogP contribution in [0.15, 0.2) is 29.8 Å². The van der Waals surface area contributed by atoms with Gasteiger partial charge in [0.05, 0.1) is 23.9 Å². The van der Waals surface area contributed by atoms with E-state index >= 15 is 0 Å². The topological polar surface area (TPSA) is 75.2 Å². The van der Waals surface area contributed by atoms with E-state index in [-0.39, 0.29) is 24.2 Å². The van der Waals surface area contributed by atoms with Crippen molar-refractivity contribution in [1.82, 2.24) is 14.9 Å². The van der Waals surface area contributed by atoms with Gasteiger partial charge in [-0.05, 0) is 19.1 Å². The Bertz CT molecular complexity index is 686. The largest absolute Gasteiger partial charge is 0.336 e. The number of aryl methyl sites for hydroxylation is 1. The van der Waals surface area contributed by atoms with Crippen LogP contribution < -0.4 is 5.32 Å². The van der Waals surface area contributed by atoms with Crippen LogP contribution in [0.2, 0.25) is 0 Å². The summed E-state index contributed by atoms with van der Waals surface area (Å²) in [6.45, 7) is 2.74. The Morgan fingerprint density at radius 2 is 2.36 bits per heavy atom. The highest BCUT2D eigenvalue weighted by Crippen LogP contribution is 2.22. The van der Waals surface area contributed by atoms with Gasteiger partial charge >= 0.3 is 0 Å². The van der Waals surface area contributed by atoms with E-state index in [1.807, 2.05) is 30.5 Å². The quantitative estimate of drug-likeness (QED) is 0.934. The number of amides is 2. The van der Waals surface area contributed by atoms with Gasteiger partial charge in [-0.1, -0.05) is 6.07 Å². The molecule has 2 amide bonds. The molecular formula is C15H16N4O2S. The maximum absolute atomic E-state index is 12.2. The molecule has 6 nitrogen and oxygen atoms in total. The Hall–Kier alpha value is -2.28. The third kappa shape index (κ3) is 3.30. The molecule has 0 bridgehead atoms. The zero-order valence-electron chi connectivity index (χ0n) is 12.2. The minimum absolute atomic E-state index is 0.0128. The molecule has 114 valence electrons. The van der Waals surface area contributed by atoms with Gasteiger partial charge in [-0.15, -0.1) is 11.3 Å². The maximum atomic E-state index is 12.2. The third-order valence-electron chi connectivity index (χ3n) is 3.51. The number of likely N-dealkylation sites (tertiary alicyclic amines) is 1. The molecule has 0 saturated carbocycles. The first-order valence-corrected chi connectivity index (χ1v) is 7.90. The predicted molar refractivity (Wildman–Crippen MR) is 83.2 cm³/mol. The lowest BCUT2D eigenvalue weighted by molar-refractivity contribution is -0.128. The summed E-state index contributed by atoms with van der Waals surface area (Å²) in [5.41, 5.74) is 1.70. The van der Waals surface area contributed by atoms with Gasteiger partial charge < -0.3 is 10.2 Å². The number of pyridine rings is 1.